The van der Waals surface area contributed by atoms with Crippen molar-refractivity contribution in [2.75, 3.05) is 0 Å². The Hall–Kier alpha value is -2.51. The second kappa shape index (κ2) is 6.28. The minimum absolute atomic E-state index is 0.162. The zero-order valence-corrected chi connectivity index (χ0v) is 16.1. The van der Waals surface area contributed by atoms with Gasteiger partial charge in [0, 0.05) is 16.3 Å². The number of benzene rings is 1. The fraction of sp³-hybridized carbons (Fsp3) is 0.250. The highest BCUT2D eigenvalue weighted by Gasteiger charge is 2.53. The summed E-state index contributed by atoms with van der Waals surface area (Å²) in [5, 5.41) is 9.89. The lowest BCUT2D eigenvalue weighted by Crippen LogP contribution is -2.46. The maximum atomic E-state index is 13.3. The average Bonchev–Trinajstić information content (AvgIpc) is 3.40. The monoisotopic (exact) mass is 395 g/mol. The lowest BCUT2D eigenvalue weighted by Gasteiger charge is -2.33. The summed E-state index contributed by atoms with van der Waals surface area (Å²) in [5.41, 5.74) is 2.98. The maximum Gasteiger partial charge on any atom is 0.325 e. The van der Waals surface area contributed by atoms with E-state index in [-0.39, 0.29) is 18.5 Å². The third-order valence-corrected chi connectivity index (χ3v) is 6.91. The van der Waals surface area contributed by atoms with Gasteiger partial charge in [0.05, 0.1) is 12.2 Å². The first-order chi connectivity index (χ1) is 13.2. The molecule has 2 aromatic heterocycles. The van der Waals surface area contributed by atoms with Crippen LogP contribution >= 0.6 is 22.7 Å². The average molecular weight is 396 g/mol. The number of hydrogen-bond acceptors (Lipinski definition) is 5. The summed E-state index contributed by atoms with van der Waals surface area (Å²) in [6, 6.07) is 9.62. The van der Waals surface area contributed by atoms with Crippen LogP contribution in [0.4, 0.5) is 4.79 Å². The lowest BCUT2D eigenvalue weighted by molar-refractivity contribution is -0.132. The van der Waals surface area contributed by atoms with E-state index >= 15 is 0 Å². The van der Waals surface area contributed by atoms with Gasteiger partial charge in [0.25, 0.3) is 5.91 Å². The van der Waals surface area contributed by atoms with E-state index in [0.29, 0.717) is 6.42 Å². The number of imide groups is 1. The van der Waals surface area contributed by atoms with Crippen molar-refractivity contribution in [3.05, 3.63) is 63.3 Å². The Morgan fingerprint density at radius 2 is 2.07 bits per heavy atom. The molecule has 1 saturated heterocycles. The van der Waals surface area contributed by atoms with Crippen LogP contribution in [0.5, 0.6) is 0 Å². The number of carbonyl (C=O) groups is 2. The van der Waals surface area contributed by atoms with Gasteiger partial charge in [-0.25, -0.2) is 9.78 Å². The van der Waals surface area contributed by atoms with Gasteiger partial charge in [-0.15, -0.1) is 11.3 Å². The van der Waals surface area contributed by atoms with Gasteiger partial charge in [-0.05, 0) is 41.8 Å². The number of nitrogens with one attached hydrogen (secondary N) is 1. The van der Waals surface area contributed by atoms with Crippen molar-refractivity contribution in [2.24, 2.45) is 0 Å². The molecular weight excluding hydrogens is 378 g/mol. The molecule has 5 rings (SSSR count). The minimum Gasteiger partial charge on any atom is -0.319 e. The van der Waals surface area contributed by atoms with Gasteiger partial charge in [0.1, 0.15) is 10.5 Å². The molecule has 1 aliphatic carbocycles. The molecule has 3 aromatic rings. The fourth-order valence-electron chi connectivity index (χ4n) is 4.02. The van der Waals surface area contributed by atoms with Crippen LogP contribution < -0.4 is 5.32 Å². The van der Waals surface area contributed by atoms with E-state index in [1.54, 1.807) is 11.3 Å². The van der Waals surface area contributed by atoms with E-state index in [0.717, 1.165) is 40.2 Å². The molecule has 2 aliphatic rings. The number of aryl methyl sites for hydroxylation is 1. The molecule has 1 aromatic carbocycles. The Morgan fingerprint density at radius 3 is 2.93 bits per heavy atom. The highest BCUT2D eigenvalue weighted by Crippen LogP contribution is 2.40. The molecule has 1 fully saturated rings. The maximum absolute atomic E-state index is 13.3. The summed E-state index contributed by atoms with van der Waals surface area (Å²) in [4.78, 5) is 31.9. The zero-order chi connectivity index (χ0) is 18.4. The highest BCUT2D eigenvalue weighted by atomic mass is 32.1. The summed E-state index contributed by atoms with van der Waals surface area (Å²) >= 11 is 3.16. The molecule has 5 nitrogen and oxygen atoms in total. The molecule has 1 spiro atoms. The Bertz CT molecular complexity index is 1030. The van der Waals surface area contributed by atoms with Gasteiger partial charge >= 0.3 is 6.03 Å². The van der Waals surface area contributed by atoms with Crippen LogP contribution in [-0.2, 0) is 23.3 Å². The van der Waals surface area contributed by atoms with Crippen molar-refractivity contribution < 1.29 is 9.59 Å². The van der Waals surface area contributed by atoms with Crippen molar-refractivity contribution in [3.63, 3.8) is 0 Å². The highest BCUT2D eigenvalue weighted by molar-refractivity contribution is 7.14. The van der Waals surface area contributed by atoms with Gasteiger partial charge in [0.2, 0.25) is 0 Å². The van der Waals surface area contributed by atoms with Gasteiger partial charge in [-0.3, -0.25) is 9.69 Å². The third kappa shape index (κ3) is 2.61. The van der Waals surface area contributed by atoms with Crippen molar-refractivity contribution in [2.45, 2.75) is 31.3 Å². The second-order valence-corrected chi connectivity index (χ2v) is 8.53. The van der Waals surface area contributed by atoms with Crippen LogP contribution in [-0.4, -0.2) is 21.8 Å². The zero-order valence-electron chi connectivity index (χ0n) is 14.5. The smallest absolute Gasteiger partial charge is 0.319 e. The van der Waals surface area contributed by atoms with E-state index in [1.165, 1.54) is 16.2 Å². The number of thiazole rings is 1. The van der Waals surface area contributed by atoms with Gasteiger partial charge in [-0.2, -0.15) is 11.3 Å². The van der Waals surface area contributed by atoms with Crippen molar-refractivity contribution in [1.82, 2.24) is 15.2 Å². The molecule has 0 radical (unpaired) electrons. The predicted molar refractivity (Wildman–Crippen MR) is 106 cm³/mol. The van der Waals surface area contributed by atoms with Crippen LogP contribution in [0.1, 0.15) is 29.7 Å². The van der Waals surface area contributed by atoms with E-state index in [4.69, 9.17) is 0 Å². The normalized spacial score (nSPS) is 21.6. The van der Waals surface area contributed by atoms with E-state index in [9.17, 15) is 9.59 Å². The number of hydrogen-bond donors (Lipinski definition) is 1. The number of thiophene rings is 1. The standard InChI is InChI=1S/C20H17N3O2S2/c24-18-20(8-3-5-13-4-1-2-6-16(13)20)22-19(25)23(18)10-15-12-27-17(21-15)14-7-9-26-11-14/h1-2,4,6-7,9,11-12H,3,5,8,10H2,(H,22,25)/t20-/m1/s1. The Labute approximate surface area is 164 Å². The Morgan fingerprint density at radius 1 is 1.19 bits per heavy atom. The molecule has 3 heterocycles. The summed E-state index contributed by atoms with van der Waals surface area (Å²) in [5.74, 6) is -0.162. The van der Waals surface area contributed by atoms with E-state index < -0.39 is 5.54 Å². The van der Waals surface area contributed by atoms with Gasteiger partial charge < -0.3 is 5.32 Å². The number of amides is 3. The number of nitrogens with zero attached hydrogens (tertiary/aromatic N) is 2. The molecule has 136 valence electrons. The first kappa shape index (κ1) is 16.6. The van der Waals surface area contributed by atoms with Gasteiger partial charge in [-0.1, -0.05) is 24.3 Å². The predicted octanol–water partition coefficient (Wildman–Crippen LogP) is 4.16. The number of rotatable bonds is 3. The molecular formula is C20H17N3O2S2. The number of urea groups is 1. The van der Waals surface area contributed by atoms with Crippen LogP contribution in [0.3, 0.4) is 0 Å². The summed E-state index contributed by atoms with van der Waals surface area (Å²) < 4.78 is 0. The number of fused-ring (bicyclic) bond motifs is 2. The van der Waals surface area contributed by atoms with Gasteiger partial charge in [0.15, 0.2) is 0 Å². The first-order valence-corrected chi connectivity index (χ1v) is 10.7. The molecule has 27 heavy (non-hydrogen) atoms. The third-order valence-electron chi connectivity index (χ3n) is 5.29. The molecule has 0 saturated carbocycles. The second-order valence-electron chi connectivity index (χ2n) is 6.89. The minimum atomic E-state index is -0.919. The number of carbonyl (C=O) groups excluding carboxylic acids is 2. The van der Waals surface area contributed by atoms with Crippen LogP contribution in [0, 0.1) is 0 Å². The molecule has 7 heteroatoms. The van der Waals surface area contributed by atoms with E-state index in [1.807, 2.05) is 46.5 Å². The largest absolute Gasteiger partial charge is 0.325 e. The van der Waals surface area contributed by atoms with Crippen molar-refractivity contribution in [3.8, 4) is 10.6 Å². The molecule has 1 N–H and O–H groups in total. The number of aromatic nitrogens is 1. The van der Waals surface area contributed by atoms with Crippen LogP contribution in [0.15, 0.2) is 46.5 Å². The van der Waals surface area contributed by atoms with Crippen molar-refractivity contribution in [1.29, 1.82) is 0 Å². The summed E-state index contributed by atoms with van der Waals surface area (Å²) in [6.45, 7) is 0.204. The molecule has 0 bridgehead atoms. The fourth-order valence-corrected chi connectivity index (χ4v) is 5.54. The SMILES string of the molecule is O=C1N[C@@]2(CCCc3ccccc32)C(=O)N1Cc1csc(-c2ccsc2)n1. The van der Waals surface area contributed by atoms with Crippen molar-refractivity contribution >= 4 is 34.6 Å². The van der Waals surface area contributed by atoms with Crippen LogP contribution in [0.2, 0.25) is 0 Å². The molecule has 1 atom stereocenters. The lowest BCUT2D eigenvalue weighted by atomic mass is 9.76. The summed E-state index contributed by atoms with van der Waals surface area (Å²) in [7, 11) is 0. The van der Waals surface area contributed by atoms with E-state index in [2.05, 4.69) is 10.3 Å². The Kier molecular flexibility index (Phi) is 3.87. The Balaban J connectivity index is 1.44. The molecule has 3 amide bonds. The quantitative estimate of drug-likeness (QED) is 0.678. The first-order valence-electron chi connectivity index (χ1n) is 8.87. The molecule has 0 unspecified atom stereocenters. The van der Waals surface area contributed by atoms with Crippen LogP contribution in [0.25, 0.3) is 10.6 Å². The topological polar surface area (TPSA) is 62.3 Å². The summed E-state index contributed by atoms with van der Waals surface area (Å²) in [6.07, 6.45) is 2.47. The molecule has 1 aliphatic heterocycles.